The molecule has 0 aliphatic heterocycles. The number of halogens is 2. The number of carboxylic acid groups (broad SMARTS) is 1. The van der Waals surface area contributed by atoms with Crippen molar-refractivity contribution in [2.45, 2.75) is 0 Å². The first-order chi connectivity index (χ1) is 8.00. The van der Waals surface area contributed by atoms with E-state index in [9.17, 15) is 4.79 Å². The molecule has 0 saturated heterocycles. The maximum Gasteiger partial charge on any atom is 0.357 e. The number of rotatable bonds is 2. The summed E-state index contributed by atoms with van der Waals surface area (Å²) in [6, 6.07) is 7.12. The molecule has 17 heavy (non-hydrogen) atoms. The van der Waals surface area contributed by atoms with E-state index in [1.54, 1.807) is 19.2 Å². The minimum absolute atomic E-state index is 0.00236. The van der Waals surface area contributed by atoms with Crippen LogP contribution in [-0.4, -0.2) is 20.9 Å². The molecule has 0 amide bonds. The van der Waals surface area contributed by atoms with Crippen LogP contribution >= 0.6 is 27.5 Å². The Kier molecular flexibility index (Phi) is 3.22. The highest BCUT2D eigenvalue weighted by atomic mass is 79.9. The monoisotopic (exact) mass is 314 g/mol. The first kappa shape index (κ1) is 12.1. The van der Waals surface area contributed by atoms with Crippen LogP contribution < -0.4 is 0 Å². The van der Waals surface area contributed by atoms with Gasteiger partial charge in [0.25, 0.3) is 0 Å². The molecule has 4 nitrogen and oxygen atoms in total. The van der Waals surface area contributed by atoms with Crippen molar-refractivity contribution in [2.75, 3.05) is 0 Å². The van der Waals surface area contributed by atoms with Gasteiger partial charge in [0.05, 0.1) is 10.2 Å². The van der Waals surface area contributed by atoms with Crippen LogP contribution in [0.25, 0.3) is 11.3 Å². The van der Waals surface area contributed by atoms with E-state index in [1.165, 1.54) is 4.68 Å². The van der Waals surface area contributed by atoms with Crippen LogP contribution in [0.2, 0.25) is 5.02 Å². The summed E-state index contributed by atoms with van der Waals surface area (Å²) in [5.74, 6) is -1.06. The van der Waals surface area contributed by atoms with Crippen molar-refractivity contribution in [3.63, 3.8) is 0 Å². The molecule has 2 rings (SSSR count). The second-order valence-electron chi connectivity index (χ2n) is 3.45. The number of carbonyl (C=O) groups is 1. The Labute approximate surface area is 111 Å². The summed E-state index contributed by atoms with van der Waals surface area (Å²) in [6.45, 7) is 0. The Bertz CT molecular complexity index is 578. The van der Waals surface area contributed by atoms with Gasteiger partial charge in [-0.2, -0.15) is 5.10 Å². The highest BCUT2D eigenvalue weighted by molar-refractivity contribution is 9.10. The largest absolute Gasteiger partial charge is 0.476 e. The SMILES string of the molecule is Cn1nc(C(=O)O)c(Br)c1-c1ccc(Cl)cc1. The Hall–Kier alpha value is -1.33. The molecule has 0 unspecified atom stereocenters. The van der Waals surface area contributed by atoms with Gasteiger partial charge in [0.1, 0.15) is 0 Å². The number of carboxylic acids is 1. The summed E-state index contributed by atoms with van der Waals surface area (Å²) >= 11 is 9.07. The van der Waals surface area contributed by atoms with Crippen molar-refractivity contribution in [3.05, 3.63) is 39.5 Å². The molecule has 0 bridgehead atoms. The van der Waals surface area contributed by atoms with Gasteiger partial charge < -0.3 is 5.11 Å². The molecule has 1 aromatic heterocycles. The fourth-order valence-electron chi connectivity index (χ4n) is 1.56. The Balaban J connectivity index is 2.59. The number of benzene rings is 1. The van der Waals surface area contributed by atoms with Crippen molar-refractivity contribution >= 4 is 33.5 Å². The van der Waals surface area contributed by atoms with Crippen LogP contribution in [-0.2, 0) is 7.05 Å². The van der Waals surface area contributed by atoms with Crippen LogP contribution in [0, 0.1) is 0 Å². The van der Waals surface area contributed by atoms with Crippen LogP contribution in [0.5, 0.6) is 0 Å². The number of aromatic nitrogens is 2. The third kappa shape index (κ3) is 2.21. The molecule has 0 atom stereocenters. The van der Waals surface area contributed by atoms with Crippen molar-refractivity contribution in [1.82, 2.24) is 9.78 Å². The number of aromatic carboxylic acids is 1. The molecule has 0 spiro atoms. The Morgan fingerprint density at radius 3 is 2.47 bits per heavy atom. The molecule has 6 heteroatoms. The van der Waals surface area contributed by atoms with Gasteiger partial charge in [-0.3, -0.25) is 4.68 Å². The van der Waals surface area contributed by atoms with Crippen molar-refractivity contribution in [2.24, 2.45) is 7.05 Å². The summed E-state index contributed by atoms with van der Waals surface area (Å²) in [4.78, 5) is 10.9. The van der Waals surface area contributed by atoms with Crippen LogP contribution in [0.4, 0.5) is 0 Å². The molecular weight excluding hydrogens is 307 g/mol. The van der Waals surface area contributed by atoms with E-state index in [2.05, 4.69) is 21.0 Å². The molecule has 0 fully saturated rings. The van der Waals surface area contributed by atoms with Gasteiger partial charge in [0, 0.05) is 17.6 Å². The predicted molar refractivity (Wildman–Crippen MR) is 68.3 cm³/mol. The molecule has 1 heterocycles. The van der Waals surface area contributed by atoms with Gasteiger partial charge >= 0.3 is 5.97 Å². The minimum Gasteiger partial charge on any atom is -0.476 e. The smallest absolute Gasteiger partial charge is 0.357 e. The molecule has 1 N–H and O–H groups in total. The lowest BCUT2D eigenvalue weighted by Crippen LogP contribution is -1.99. The van der Waals surface area contributed by atoms with Gasteiger partial charge in [0.2, 0.25) is 0 Å². The summed E-state index contributed by atoms with van der Waals surface area (Å²) in [5.41, 5.74) is 1.56. The van der Waals surface area contributed by atoms with E-state index in [0.29, 0.717) is 15.2 Å². The van der Waals surface area contributed by atoms with Gasteiger partial charge in [-0.05, 0) is 28.1 Å². The van der Waals surface area contributed by atoms with E-state index in [1.807, 2.05) is 12.1 Å². The lowest BCUT2D eigenvalue weighted by Gasteiger charge is -2.02. The highest BCUT2D eigenvalue weighted by Crippen LogP contribution is 2.31. The van der Waals surface area contributed by atoms with Gasteiger partial charge in [-0.25, -0.2) is 4.79 Å². The summed E-state index contributed by atoms with van der Waals surface area (Å²) in [7, 11) is 1.70. The molecule has 0 aliphatic carbocycles. The second-order valence-corrected chi connectivity index (χ2v) is 4.68. The van der Waals surface area contributed by atoms with Gasteiger partial charge in [-0.15, -0.1) is 0 Å². The molecule has 0 saturated carbocycles. The normalized spacial score (nSPS) is 10.5. The quantitative estimate of drug-likeness (QED) is 0.926. The summed E-state index contributed by atoms with van der Waals surface area (Å²) in [5, 5.41) is 13.5. The van der Waals surface area contributed by atoms with Crippen molar-refractivity contribution in [1.29, 1.82) is 0 Å². The fourth-order valence-corrected chi connectivity index (χ4v) is 2.42. The molecule has 0 radical (unpaired) electrons. The van der Waals surface area contributed by atoms with Crippen LogP contribution in [0.1, 0.15) is 10.5 Å². The molecule has 1 aromatic carbocycles. The number of nitrogens with zero attached hydrogens (tertiary/aromatic N) is 2. The summed E-state index contributed by atoms with van der Waals surface area (Å²) in [6.07, 6.45) is 0. The molecule has 88 valence electrons. The number of aryl methyl sites for hydroxylation is 1. The van der Waals surface area contributed by atoms with E-state index < -0.39 is 5.97 Å². The Morgan fingerprint density at radius 2 is 2.00 bits per heavy atom. The fraction of sp³-hybridized carbons (Fsp3) is 0.0909. The zero-order chi connectivity index (χ0) is 12.6. The number of hydrogen-bond acceptors (Lipinski definition) is 2. The molecule has 2 aromatic rings. The average Bonchev–Trinajstić information content (AvgIpc) is 2.56. The zero-order valence-corrected chi connectivity index (χ0v) is 11.2. The molecular formula is C11H8BrClN2O2. The standard InChI is InChI=1S/C11H8BrClN2O2/c1-15-10(6-2-4-7(13)5-3-6)8(12)9(14-15)11(16)17/h2-5H,1H3,(H,16,17). The third-order valence-electron chi connectivity index (χ3n) is 2.31. The van der Waals surface area contributed by atoms with E-state index >= 15 is 0 Å². The highest BCUT2D eigenvalue weighted by Gasteiger charge is 2.20. The third-order valence-corrected chi connectivity index (χ3v) is 3.31. The van der Waals surface area contributed by atoms with Crippen molar-refractivity contribution < 1.29 is 9.90 Å². The first-order valence-corrected chi connectivity index (χ1v) is 5.89. The van der Waals surface area contributed by atoms with Crippen molar-refractivity contribution in [3.8, 4) is 11.3 Å². The first-order valence-electron chi connectivity index (χ1n) is 4.72. The van der Waals surface area contributed by atoms with Crippen LogP contribution in [0.15, 0.2) is 28.7 Å². The predicted octanol–water partition coefficient (Wildman–Crippen LogP) is 3.20. The second kappa shape index (κ2) is 4.50. The zero-order valence-electron chi connectivity index (χ0n) is 8.82. The topological polar surface area (TPSA) is 55.1 Å². The summed E-state index contributed by atoms with van der Waals surface area (Å²) < 4.78 is 1.99. The Morgan fingerprint density at radius 1 is 1.41 bits per heavy atom. The lowest BCUT2D eigenvalue weighted by molar-refractivity contribution is 0.0688. The van der Waals surface area contributed by atoms with E-state index in [-0.39, 0.29) is 5.69 Å². The molecule has 0 aliphatic rings. The number of hydrogen-bond donors (Lipinski definition) is 1. The lowest BCUT2D eigenvalue weighted by atomic mass is 10.1. The van der Waals surface area contributed by atoms with E-state index in [0.717, 1.165) is 5.56 Å². The van der Waals surface area contributed by atoms with E-state index in [4.69, 9.17) is 16.7 Å². The van der Waals surface area contributed by atoms with Gasteiger partial charge in [-0.1, -0.05) is 23.7 Å². The van der Waals surface area contributed by atoms with Gasteiger partial charge in [0.15, 0.2) is 5.69 Å². The maximum atomic E-state index is 10.9. The minimum atomic E-state index is -1.06. The van der Waals surface area contributed by atoms with Crippen LogP contribution in [0.3, 0.4) is 0 Å². The maximum absolute atomic E-state index is 10.9. The average molecular weight is 316 g/mol.